The molecule has 1 aliphatic rings. The lowest BCUT2D eigenvalue weighted by molar-refractivity contribution is -0.116. The summed E-state index contributed by atoms with van der Waals surface area (Å²) in [6.45, 7) is 3.80. The number of ketones is 1. The Balaban J connectivity index is 1.34. The molecule has 1 aromatic heterocycles. The number of carbonyl (C=O) groups excluding carboxylic acids is 2. The number of hydrogen-bond donors (Lipinski definition) is 2. The van der Waals surface area contributed by atoms with E-state index in [1.54, 1.807) is 31.2 Å². The molecule has 1 amide bonds. The molecule has 31 heavy (non-hydrogen) atoms. The van der Waals surface area contributed by atoms with Gasteiger partial charge in [-0.3, -0.25) is 9.59 Å². The number of carbonyl (C=O) groups is 2. The van der Waals surface area contributed by atoms with Crippen molar-refractivity contribution in [1.82, 2.24) is 5.32 Å². The van der Waals surface area contributed by atoms with Crippen LogP contribution in [0.25, 0.3) is 11.3 Å². The van der Waals surface area contributed by atoms with Gasteiger partial charge in [-0.2, -0.15) is 0 Å². The van der Waals surface area contributed by atoms with Gasteiger partial charge in [0.2, 0.25) is 0 Å². The predicted octanol–water partition coefficient (Wildman–Crippen LogP) is 4.61. The predicted molar refractivity (Wildman–Crippen MR) is 123 cm³/mol. The molecule has 6 nitrogen and oxygen atoms in total. The van der Waals surface area contributed by atoms with E-state index < -0.39 is 0 Å². The van der Waals surface area contributed by atoms with Gasteiger partial charge in [-0.05, 0) is 74.0 Å². The van der Waals surface area contributed by atoms with E-state index >= 15 is 0 Å². The van der Waals surface area contributed by atoms with Crippen molar-refractivity contribution in [2.45, 2.75) is 19.4 Å². The summed E-state index contributed by atoms with van der Waals surface area (Å²) in [5.74, 6) is 0.699. The number of nitrogens with one attached hydrogen (secondary N) is 2. The number of amides is 1. The van der Waals surface area contributed by atoms with Gasteiger partial charge in [-0.15, -0.1) is 0 Å². The van der Waals surface area contributed by atoms with Crippen molar-refractivity contribution in [2.24, 2.45) is 0 Å². The van der Waals surface area contributed by atoms with Crippen LogP contribution < -0.4 is 15.5 Å². The molecule has 1 atom stereocenters. The Hall–Kier alpha value is -3.09. The molecule has 0 spiro atoms. The van der Waals surface area contributed by atoms with Crippen LogP contribution in [0.1, 0.15) is 23.9 Å². The first-order valence-corrected chi connectivity index (χ1v) is 10.6. The molecule has 1 fully saturated rings. The first kappa shape index (κ1) is 21.2. The van der Waals surface area contributed by atoms with Crippen molar-refractivity contribution in [3.8, 4) is 11.3 Å². The average Bonchev–Trinajstić information content (AvgIpc) is 3.43. The number of hydrogen-bond acceptors (Lipinski definition) is 5. The van der Waals surface area contributed by atoms with Gasteiger partial charge in [0.15, 0.2) is 5.76 Å². The molecule has 2 aromatic carbocycles. The summed E-state index contributed by atoms with van der Waals surface area (Å²) in [6.07, 6.45) is 1.00. The number of rotatable bonds is 7. The molecular formula is C24H24ClN3O3. The maximum atomic E-state index is 12.6. The second kappa shape index (κ2) is 9.37. The summed E-state index contributed by atoms with van der Waals surface area (Å²) < 4.78 is 5.71. The highest BCUT2D eigenvalue weighted by Gasteiger charge is 2.22. The van der Waals surface area contributed by atoms with Gasteiger partial charge >= 0.3 is 0 Å². The summed E-state index contributed by atoms with van der Waals surface area (Å²) in [5, 5.41) is 6.80. The Morgan fingerprint density at radius 2 is 1.81 bits per heavy atom. The second-order valence-corrected chi connectivity index (χ2v) is 8.12. The number of nitrogens with zero attached hydrogens (tertiary/aromatic N) is 1. The summed E-state index contributed by atoms with van der Waals surface area (Å²) in [4.78, 5) is 26.0. The standard InChI is InChI=1S/C24H24ClN3O3/c1-16(29)14-26-20-12-13-28(15-20)21-8-6-19(7-9-21)27-24(30)23-11-10-22(31-23)17-2-4-18(25)5-3-17/h2-11,20,26H,12-15H2,1H3,(H,27,30). The van der Waals surface area contributed by atoms with Gasteiger partial charge in [0.1, 0.15) is 11.5 Å². The highest BCUT2D eigenvalue weighted by molar-refractivity contribution is 6.30. The monoisotopic (exact) mass is 437 g/mol. The molecule has 0 bridgehead atoms. The molecule has 2 heterocycles. The second-order valence-electron chi connectivity index (χ2n) is 7.69. The summed E-state index contributed by atoms with van der Waals surface area (Å²) in [7, 11) is 0. The summed E-state index contributed by atoms with van der Waals surface area (Å²) in [5.41, 5.74) is 2.64. The summed E-state index contributed by atoms with van der Waals surface area (Å²) >= 11 is 5.92. The quantitative estimate of drug-likeness (QED) is 0.564. The van der Waals surface area contributed by atoms with Crippen LogP contribution in [0.2, 0.25) is 5.02 Å². The summed E-state index contributed by atoms with van der Waals surface area (Å²) in [6, 6.07) is 18.7. The van der Waals surface area contributed by atoms with Crippen molar-refractivity contribution in [3.05, 3.63) is 71.4 Å². The fraction of sp³-hybridized carbons (Fsp3) is 0.250. The van der Waals surface area contributed by atoms with Crippen molar-refractivity contribution < 1.29 is 14.0 Å². The topological polar surface area (TPSA) is 74.6 Å². The number of anilines is 2. The van der Waals surface area contributed by atoms with Crippen LogP contribution in [0.3, 0.4) is 0 Å². The number of halogens is 1. The van der Waals surface area contributed by atoms with Crippen molar-refractivity contribution in [1.29, 1.82) is 0 Å². The molecule has 4 rings (SSSR count). The van der Waals surface area contributed by atoms with Gasteiger partial charge < -0.3 is 20.0 Å². The highest BCUT2D eigenvalue weighted by atomic mass is 35.5. The molecule has 1 unspecified atom stereocenters. The van der Waals surface area contributed by atoms with Crippen LogP contribution >= 0.6 is 11.6 Å². The minimum atomic E-state index is -0.303. The van der Waals surface area contributed by atoms with Crippen LogP contribution in [-0.2, 0) is 4.79 Å². The zero-order valence-electron chi connectivity index (χ0n) is 17.2. The Bertz CT molecular complexity index is 1060. The number of benzene rings is 2. The Morgan fingerprint density at radius 3 is 2.52 bits per heavy atom. The molecule has 3 aromatic rings. The third-order valence-corrected chi connectivity index (χ3v) is 5.53. The van der Waals surface area contributed by atoms with Gasteiger partial charge in [0, 0.05) is 41.1 Å². The Labute approximate surface area is 186 Å². The zero-order valence-corrected chi connectivity index (χ0v) is 18.0. The third-order valence-electron chi connectivity index (χ3n) is 5.28. The van der Waals surface area contributed by atoms with Crippen molar-refractivity contribution >= 4 is 34.7 Å². The van der Waals surface area contributed by atoms with E-state index in [0.29, 0.717) is 29.1 Å². The molecule has 0 aliphatic carbocycles. The molecule has 7 heteroatoms. The lowest BCUT2D eigenvalue weighted by atomic mass is 10.2. The van der Waals surface area contributed by atoms with Crippen LogP contribution in [0.5, 0.6) is 0 Å². The number of Topliss-reactive ketones (excluding diaryl/α,β-unsaturated/α-hetero) is 1. The average molecular weight is 438 g/mol. The van der Waals surface area contributed by atoms with E-state index in [1.807, 2.05) is 36.4 Å². The minimum absolute atomic E-state index is 0.149. The molecule has 160 valence electrons. The fourth-order valence-electron chi connectivity index (χ4n) is 3.63. The first-order valence-electron chi connectivity index (χ1n) is 10.2. The largest absolute Gasteiger partial charge is 0.451 e. The fourth-order valence-corrected chi connectivity index (χ4v) is 3.75. The van der Waals surface area contributed by atoms with Crippen LogP contribution in [0.15, 0.2) is 65.1 Å². The lowest BCUT2D eigenvalue weighted by Crippen LogP contribution is -2.35. The molecule has 1 aliphatic heterocycles. The first-order chi connectivity index (χ1) is 15.0. The maximum Gasteiger partial charge on any atom is 0.291 e. The highest BCUT2D eigenvalue weighted by Crippen LogP contribution is 2.25. The van der Waals surface area contributed by atoms with Crippen LogP contribution in [0.4, 0.5) is 11.4 Å². The van der Waals surface area contributed by atoms with E-state index in [9.17, 15) is 9.59 Å². The van der Waals surface area contributed by atoms with Crippen LogP contribution in [0, 0.1) is 0 Å². The Kier molecular flexibility index (Phi) is 6.39. The molecular weight excluding hydrogens is 414 g/mol. The number of furan rings is 1. The van der Waals surface area contributed by atoms with Gasteiger partial charge in [-0.1, -0.05) is 11.6 Å². The van der Waals surface area contributed by atoms with Gasteiger partial charge in [0.25, 0.3) is 5.91 Å². The SMILES string of the molecule is CC(=O)CNC1CCN(c2ccc(NC(=O)c3ccc(-c4ccc(Cl)cc4)o3)cc2)C1. The van der Waals surface area contributed by atoms with E-state index in [1.165, 1.54) is 0 Å². The van der Waals surface area contributed by atoms with E-state index in [-0.39, 0.29) is 17.5 Å². The molecule has 2 N–H and O–H groups in total. The van der Waals surface area contributed by atoms with Crippen molar-refractivity contribution in [2.75, 3.05) is 29.9 Å². The maximum absolute atomic E-state index is 12.6. The Morgan fingerprint density at radius 1 is 1.06 bits per heavy atom. The lowest BCUT2D eigenvalue weighted by Gasteiger charge is -2.19. The zero-order chi connectivity index (χ0) is 21.8. The van der Waals surface area contributed by atoms with Crippen molar-refractivity contribution in [3.63, 3.8) is 0 Å². The molecule has 0 saturated carbocycles. The molecule has 1 saturated heterocycles. The minimum Gasteiger partial charge on any atom is -0.451 e. The normalized spacial score (nSPS) is 15.8. The van der Waals surface area contributed by atoms with Gasteiger partial charge in [-0.25, -0.2) is 0 Å². The van der Waals surface area contributed by atoms with Gasteiger partial charge in [0.05, 0.1) is 6.54 Å². The molecule has 0 radical (unpaired) electrons. The smallest absolute Gasteiger partial charge is 0.291 e. The van der Waals surface area contributed by atoms with E-state index in [4.69, 9.17) is 16.0 Å². The van der Waals surface area contributed by atoms with E-state index in [0.717, 1.165) is 30.8 Å². The van der Waals surface area contributed by atoms with E-state index in [2.05, 4.69) is 15.5 Å². The third kappa shape index (κ3) is 5.34. The van der Waals surface area contributed by atoms with Crippen LogP contribution in [-0.4, -0.2) is 37.4 Å².